The van der Waals surface area contributed by atoms with Gasteiger partial charge in [-0.25, -0.2) is 0 Å². The number of carbonyl (C=O) groups is 9. The molecule has 1 aliphatic carbocycles. The first kappa shape index (κ1) is 63.9. The lowest BCUT2D eigenvalue weighted by Gasteiger charge is -2.33. The third kappa shape index (κ3) is 18.8. The van der Waals surface area contributed by atoms with Gasteiger partial charge in [0, 0.05) is 67.5 Å². The number of phenols is 1. The number of nitrogens with two attached hydrogens (primary N) is 3. The Morgan fingerprint density at radius 1 is 0.948 bits per heavy atom. The Kier molecular flexibility index (Phi) is 25.8. The molecule has 77 heavy (non-hydrogen) atoms. The van der Waals surface area contributed by atoms with Gasteiger partial charge in [-0.2, -0.15) is 11.8 Å². The molecule has 1 aromatic carbocycles. The maximum Gasteiger partial charge on any atom is 0.246 e. The van der Waals surface area contributed by atoms with Gasteiger partial charge in [0.2, 0.25) is 47.3 Å². The number of aliphatic hydroxyl groups excluding tert-OH is 3. The molecule has 1 saturated carbocycles. The molecule has 1 aromatic rings. The van der Waals surface area contributed by atoms with Crippen molar-refractivity contribution in [1.82, 2.24) is 36.8 Å². The molecule has 0 aromatic heterocycles. The van der Waals surface area contributed by atoms with Crippen molar-refractivity contribution in [2.75, 3.05) is 45.1 Å². The molecule has 3 aliphatic rings. The number of primary amides is 1. The van der Waals surface area contributed by atoms with Crippen LogP contribution in [0.3, 0.4) is 0 Å². The average molecular weight is 1100 g/mol. The van der Waals surface area contributed by atoms with E-state index < -0.39 is 122 Å². The number of phenolic OH excluding ortho intramolecular Hbond substituents is 1. The number of nitrogens with zero attached hydrogens (tertiary/aromatic N) is 1. The number of rotatable bonds is 23. The number of hydrogen-bond acceptors (Lipinski definition) is 16. The second kappa shape index (κ2) is 31.1. The summed E-state index contributed by atoms with van der Waals surface area (Å²) in [7, 11) is 0. The summed E-state index contributed by atoms with van der Waals surface area (Å²) < 4.78 is 0. The fourth-order valence-electron chi connectivity index (χ4n) is 10.2. The van der Waals surface area contributed by atoms with E-state index in [4.69, 9.17) is 17.2 Å². The molecular formula is C53H84N10O13S. The maximum absolute atomic E-state index is 14.8. The maximum atomic E-state index is 14.8. The second-order valence-corrected chi connectivity index (χ2v) is 22.1. The Morgan fingerprint density at radius 3 is 2.29 bits per heavy atom. The molecule has 10 atom stereocenters. The summed E-state index contributed by atoms with van der Waals surface area (Å²) in [6.07, 6.45) is 0.974. The first-order chi connectivity index (χ1) is 36.5. The van der Waals surface area contributed by atoms with Crippen LogP contribution >= 0.6 is 11.8 Å². The smallest absolute Gasteiger partial charge is 0.246 e. The zero-order valence-corrected chi connectivity index (χ0v) is 45.8. The van der Waals surface area contributed by atoms with Crippen molar-refractivity contribution in [3.63, 3.8) is 0 Å². The topological polar surface area (TPSA) is 388 Å². The minimum atomic E-state index is -1.78. The van der Waals surface area contributed by atoms with E-state index >= 15 is 0 Å². The molecule has 2 aliphatic heterocycles. The van der Waals surface area contributed by atoms with Gasteiger partial charge in [-0.1, -0.05) is 39.8 Å². The average Bonchev–Trinajstić information content (AvgIpc) is 3.80. The zero-order valence-electron chi connectivity index (χ0n) is 45.0. The van der Waals surface area contributed by atoms with Crippen molar-refractivity contribution >= 4 is 70.4 Å². The van der Waals surface area contributed by atoms with Gasteiger partial charge in [-0.05, 0) is 98.8 Å². The summed E-state index contributed by atoms with van der Waals surface area (Å²) in [6, 6.07) is -4.06. The highest BCUT2D eigenvalue weighted by Crippen LogP contribution is 2.35. The minimum Gasteiger partial charge on any atom is -0.508 e. The summed E-state index contributed by atoms with van der Waals surface area (Å²) in [5.74, 6) is -7.73. The Bertz CT molecular complexity index is 2260. The van der Waals surface area contributed by atoms with E-state index in [1.165, 1.54) is 24.8 Å². The largest absolute Gasteiger partial charge is 0.508 e. The predicted molar refractivity (Wildman–Crippen MR) is 289 cm³/mol. The van der Waals surface area contributed by atoms with Crippen molar-refractivity contribution in [3.8, 4) is 5.75 Å². The van der Waals surface area contributed by atoms with Crippen molar-refractivity contribution in [2.45, 2.75) is 153 Å². The van der Waals surface area contributed by atoms with Gasteiger partial charge in [-0.3, -0.25) is 43.2 Å². The SMILES string of the molecule is C=C1C[C@@H](C)NC(=O)[C@H]([C@@H](C)C(O)CO)NC(=O)[C@@H]2C[C@@H](O)CN2C(=O)C(CC(N)=O)NC(=O)[C@@H](NC(=O)CNC(=O)C(CC(=O)CN)[C@@H](C)CC)Cc2c1ccc(O)c2CSCCCCNC(=O)C1CCC(CN)CC1. The van der Waals surface area contributed by atoms with Gasteiger partial charge in [0.05, 0.1) is 38.3 Å². The number of unbranched alkanes of at least 4 members (excludes halogenated alkanes) is 1. The van der Waals surface area contributed by atoms with Crippen LogP contribution in [0.5, 0.6) is 5.75 Å². The van der Waals surface area contributed by atoms with Crippen molar-refractivity contribution in [3.05, 3.63) is 35.4 Å². The monoisotopic (exact) mass is 1100 g/mol. The number of nitrogens with one attached hydrogen (secondary N) is 6. The summed E-state index contributed by atoms with van der Waals surface area (Å²) in [5.41, 5.74) is 18.5. The van der Waals surface area contributed by atoms with Crippen LogP contribution in [-0.2, 0) is 55.3 Å². The van der Waals surface area contributed by atoms with E-state index in [0.29, 0.717) is 66.3 Å². The quantitative estimate of drug-likeness (QED) is 0.0568. The van der Waals surface area contributed by atoms with Crippen LogP contribution in [0, 0.1) is 29.6 Å². The number of aromatic hydroxyl groups is 1. The van der Waals surface area contributed by atoms with Crippen LogP contribution in [0.2, 0.25) is 0 Å². The summed E-state index contributed by atoms with van der Waals surface area (Å²) in [5, 5.41) is 59.2. The van der Waals surface area contributed by atoms with Gasteiger partial charge in [-0.15, -0.1) is 0 Å². The highest BCUT2D eigenvalue weighted by Gasteiger charge is 2.44. The minimum absolute atomic E-state index is 0.0326. The van der Waals surface area contributed by atoms with E-state index in [1.807, 2.05) is 6.92 Å². The number of amides is 8. The van der Waals surface area contributed by atoms with E-state index in [-0.39, 0.29) is 67.3 Å². The lowest BCUT2D eigenvalue weighted by molar-refractivity contribution is -0.144. The predicted octanol–water partition coefficient (Wildman–Crippen LogP) is -1.27. The van der Waals surface area contributed by atoms with Crippen molar-refractivity contribution in [1.29, 1.82) is 0 Å². The normalized spacial score (nSPS) is 25.3. The Balaban J connectivity index is 1.75. The zero-order chi connectivity index (χ0) is 57.1. The van der Waals surface area contributed by atoms with Crippen molar-refractivity contribution < 1.29 is 63.6 Å². The number of thioether (sulfide) groups is 1. The summed E-state index contributed by atoms with van der Waals surface area (Å²) >= 11 is 1.46. The fourth-order valence-corrected chi connectivity index (χ4v) is 11.2. The first-order valence-corrected chi connectivity index (χ1v) is 28.0. The standard InChI is InChI=1S/C53H84N10O13S/c1-6-28(2)37(18-34(65)23-55)49(72)58-24-46(70)60-40-20-38-36(13-14-43(67)39(38)27-77-16-8-7-15-57-48(71)33-11-9-32(22-54)10-12-33)29(3)17-30(4)59-52(75)47(31(5)44(68)26-64)62-51(74)42-19-35(66)25-63(42)53(76)41(21-45(56)69)61-50(40)73/h13-14,28,30-33,35,37,40-42,44,47,64,66-68H,3,6-12,15-27,54-55H2,1-2,4-5H3,(H2,56,69)(H,57,71)(H,58,72)(H,59,75)(H,60,70)(H,61,73)(H,62,74)/t28-,30+,31-,32?,33?,35+,37?,40-,41?,42-,44?,47-/m0/s1. The third-order valence-electron chi connectivity index (χ3n) is 15.2. The molecular weight excluding hydrogens is 1020 g/mol. The Hall–Kier alpha value is -5.66. The number of Topliss-reactive ketones (excluding diaryl/α,β-unsaturated/α-hetero) is 1. The third-order valence-corrected chi connectivity index (χ3v) is 16.2. The molecule has 430 valence electrons. The van der Waals surface area contributed by atoms with E-state index in [0.717, 1.165) is 30.6 Å². The Morgan fingerprint density at radius 2 is 1.65 bits per heavy atom. The van der Waals surface area contributed by atoms with Crippen LogP contribution in [0.15, 0.2) is 18.7 Å². The van der Waals surface area contributed by atoms with Gasteiger partial charge in [0.15, 0.2) is 0 Å². The number of hydrogen-bond donors (Lipinski definition) is 13. The van der Waals surface area contributed by atoms with Crippen LogP contribution in [0.25, 0.3) is 5.57 Å². The lowest BCUT2D eigenvalue weighted by atomic mass is 9.81. The molecule has 4 rings (SSSR count). The first-order valence-electron chi connectivity index (χ1n) is 26.9. The van der Waals surface area contributed by atoms with Crippen LogP contribution < -0.4 is 49.1 Å². The Labute approximate surface area is 455 Å². The van der Waals surface area contributed by atoms with E-state index in [1.54, 1.807) is 19.9 Å². The van der Waals surface area contributed by atoms with Gasteiger partial charge in [0.1, 0.15) is 35.7 Å². The van der Waals surface area contributed by atoms with Crippen molar-refractivity contribution in [2.24, 2.45) is 46.8 Å². The molecule has 3 unspecified atom stereocenters. The molecule has 2 heterocycles. The molecule has 0 bridgehead atoms. The van der Waals surface area contributed by atoms with Crippen LogP contribution in [-0.4, -0.2) is 166 Å². The van der Waals surface area contributed by atoms with E-state index in [9.17, 15) is 63.6 Å². The number of ketones is 1. The molecule has 0 radical (unpaired) electrons. The number of carbonyl (C=O) groups excluding carboxylic acids is 9. The fraction of sp³-hybridized carbons (Fsp3) is 0.679. The molecule has 8 amide bonds. The molecule has 23 nitrogen and oxygen atoms in total. The summed E-state index contributed by atoms with van der Waals surface area (Å²) in [4.78, 5) is 124. The molecule has 16 N–H and O–H groups in total. The van der Waals surface area contributed by atoms with Crippen LogP contribution in [0.1, 0.15) is 115 Å². The number of aliphatic hydroxyl groups is 3. The van der Waals surface area contributed by atoms with Gasteiger partial charge >= 0.3 is 0 Å². The summed E-state index contributed by atoms with van der Waals surface area (Å²) in [6.45, 7) is 9.98. The highest BCUT2D eigenvalue weighted by atomic mass is 32.2. The molecule has 0 spiro atoms. The molecule has 24 heteroatoms. The second-order valence-electron chi connectivity index (χ2n) is 21.0. The van der Waals surface area contributed by atoms with E-state index in [2.05, 4.69) is 38.5 Å². The number of fused-ring (bicyclic) bond motifs is 2. The van der Waals surface area contributed by atoms with Gasteiger partial charge in [0.25, 0.3) is 0 Å². The molecule has 2 fully saturated rings. The van der Waals surface area contributed by atoms with Gasteiger partial charge < -0.3 is 74.4 Å². The lowest BCUT2D eigenvalue weighted by Crippen LogP contribution is -2.60. The highest BCUT2D eigenvalue weighted by molar-refractivity contribution is 7.98. The number of benzene rings is 1. The molecule has 1 saturated heterocycles. The van der Waals surface area contributed by atoms with Crippen LogP contribution in [0.4, 0.5) is 0 Å².